The number of hydrogen-bond donors (Lipinski definition) is 1. The summed E-state index contributed by atoms with van der Waals surface area (Å²) >= 11 is 0. The van der Waals surface area contributed by atoms with Gasteiger partial charge in [0.25, 0.3) is 0 Å². The first kappa shape index (κ1) is 13.2. The van der Waals surface area contributed by atoms with Gasteiger partial charge in [-0.05, 0) is 18.9 Å². The van der Waals surface area contributed by atoms with E-state index in [-0.39, 0.29) is 12.4 Å². The zero-order valence-electron chi connectivity index (χ0n) is 9.74. The molecule has 0 amide bonds. The minimum atomic E-state index is 0. The highest BCUT2D eigenvalue weighted by molar-refractivity contribution is 5.85. The van der Waals surface area contributed by atoms with Gasteiger partial charge < -0.3 is 10.1 Å². The number of nitrogens with zero attached hydrogens (tertiary/aromatic N) is 1. The van der Waals surface area contributed by atoms with Gasteiger partial charge in [-0.1, -0.05) is 13.8 Å². The third-order valence-electron chi connectivity index (χ3n) is 3.30. The Balaban J connectivity index is 0.00000112. The van der Waals surface area contributed by atoms with Crippen molar-refractivity contribution in [3.8, 4) is 0 Å². The second-order valence-electron chi connectivity index (χ2n) is 4.85. The lowest BCUT2D eigenvalue weighted by Gasteiger charge is -2.37. The van der Waals surface area contributed by atoms with Gasteiger partial charge in [-0.15, -0.1) is 12.4 Å². The summed E-state index contributed by atoms with van der Waals surface area (Å²) in [6, 6.07) is 0.641. The Morgan fingerprint density at radius 2 is 2.20 bits per heavy atom. The van der Waals surface area contributed by atoms with Gasteiger partial charge in [0.2, 0.25) is 0 Å². The maximum absolute atomic E-state index is 5.73. The zero-order chi connectivity index (χ0) is 9.97. The minimum Gasteiger partial charge on any atom is -0.374 e. The molecule has 0 spiro atoms. The number of halogens is 1. The molecule has 2 saturated heterocycles. The van der Waals surface area contributed by atoms with Crippen molar-refractivity contribution in [2.24, 2.45) is 5.92 Å². The second kappa shape index (κ2) is 6.04. The summed E-state index contributed by atoms with van der Waals surface area (Å²) in [6.45, 7) is 10.0. The Labute approximate surface area is 99.0 Å². The summed E-state index contributed by atoms with van der Waals surface area (Å²) in [5.74, 6) is 0.811. The highest BCUT2D eigenvalue weighted by Crippen LogP contribution is 2.18. The van der Waals surface area contributed by atoms with Crippen molar-refractivity contribution in [2.45, 2.75) is 32.4 Å². The van der Waals surface area contributed by atoms with Crippen LogP contribution in [-0.4, -0.2) is 49.8 Å². The number of morpholine rings is 1. The highest BCUT2D eigenvalue weighted by atomic mass is 35.5. The topological polar surface area (TPSA) is 24.5 Å². The van der Waals surface area contributed by atoms with E-state index >= 15 is 0 Å². The average molecular weight is 235 g/mol. The first-order valence-electron chi connectivity index (χ1n) is 5.83. The predicted octanol–water partition coefficient (Wildman–Crippen LogP) is 1.13. The lowest BCUT2D eigenvalue weighted by molar-refractivity contribution is -0.0478. The molecule has 2 aliphatic rings. The van der Waals surface area contributed by atoms with E-state index in [9.17, 15) is 0 Å². The molecule has 0 radical (unpaired) electrons. The smallest absolute Gasteiger partial charge is 0.0867 e. The van der Waals surface area contributed by atoms with Gasteiger partial charge in [0.05, 0.1) is 12.7 Å². The summed E-state index contributed by atoms with van der Waals surface area (Å²) in [6.07, 6.45) is 1.76. The highest BCUT2D eigenvalue weighted by Gasteiger charge is 2.35. The molecule has 0 aliphatic carbocycles. The van der Waals surface area contributed by atoms with E-state index in [1.807, 2.05) is 0 Å². The van der Waals surface area contributed by atoms with Gasteiger partial charge in [-0.25, -0.2) is 0 Å². The fourth-order valence-electron chi connectivity index (χ4n) is 2.36. The number of nitrogens with one attached hydrogen (secondary N) is 1. The molecule has 2 aliphatic heterocycles. The van der Waals surface area contributed by atoms with E-state index in [2.05, 4.69) is 24.1 Å². The average Bonchev–Trinajstić information content (AvgIpc) is 2.62. The van der Waals surface area contributed by atoms with Crippen LogP contribution < -0.4 is 5.32 Å². The van der Waals surface area contributed by atoms with Crippen LogP contribution in [0.4, 0.5) is 0 Å². The van der Waals surface area contributed by atoms with Crippen LogP contribution in [0.2, 0.25) is 0 Å². The van der Waals surface area contributed by atoms with Crippen molar-refractivity contribution >= 4 is 12.4 Å². The quantitative estimate of drug-likeness (QED) is 0.793. The lowest BCUT2D eigenvalue weighted by Crippen LogP contribution is -2.51. The second-order valence-corrected chi connectivity index (χ2v) is 4.85. The van der Waals surface area contributed by atoms with Crippen LogP contribution >= 0.6 is 12.4 Å². The van der Waals surface area contributed by atoms with Crippen molar-refractivity contribution in [3.63, 3.8) is 0 Å². The standard InChI is InChI=1S/C11H22N2O.ClH/c1-9(2)3-4-13-5-6-14-11-8-12-7-10(11)13;/h9-12H,3-8H2,1-2H3;1H/t10-,11+;/m1./s1. The van der Waals surface area contributed by atoms with Crippen molar-refractivity contribution in [1.82, 2.24) is 10.2 Å². The number of ether oxygens (including phenoxy) is 1. The Kier molecular flexibility index (Phi) is 5.33. The zero-order valence-corrected chi connectivity index (χ0v) is 10.6. The molecule has 0 saturated carbocycles. The molecule has 0 aromatic carbocycles. The van der Waals surface area contributed by atoms with Crippen LogP contribution in [0.1, 0.15) is 20.3 Å². The van der Waals surface area contributed by atoms with Crippen LogP contribution in [0, 0.1) is 5.92 Å². The van der Waals surface area contributed by atoms with Crippen molar-refractivity contribution in [1.29, 1.82) is 0 Å². The maximum atomic E-state index is 5.73. The number of fused-ring (bicyclic) bond motifs is 1. The van der Waals surface area contributed by atoms with E-state index < -0.39 is 0 Å². The summed E-state index contributed by atoms with van der Waals surface area (Å²) in [4.78, 5) is 2.61. The van der Waals surface area contributed by atoms with E-state index in [1.165, 1.54) is 13.0 Å². The lowest BCUT2D eigenvalue weighted by atomic mass is 10.1. The van der Waals surface area contributed by atoms with Crippen LogP contribution in [0.5, 0.6) is 0 Å². The predicted molar refractivity (Wildman–Crippen MR) is 64.7 cm³/mol. The molecule has 90 valence electrons. The molecule has 4 heteroatoms. The molecular formula is C11H23ClN2O. The fraction of sp³-hybridized carbons (Fsp3) is 1.00. The molecule has 3 nitrogen and oxygen atoms in total. The number of rotatable bonds is 3. The van der Waals surface area contributed by atoms with E-state index in [0.717, 1.165) is 32.2 Å². The third-order valence-corrected chi connectivity index (χ3v) is 3.30. The van der Waals surface area contributed by atoms with E-state index in [0.29, 0.717) is 12.1 Å². The molecule has 0 aromatic heterocycles. The molecule has 2 atom stereocenters. The Hall–Kier alpha value is 0.170. The first-order chi connectivity index (χ1) is 6.77. The van der Waals surface area contributed by atoms with Crippen LogP contribution in [0.3, 0.4) is 0 Å². The van der Waals surface area contributed by atoms with Gasteiger partial charge >= 0.3 is 0 Å². The molecule has 2 heterocycles. The van der Waals surface area contributed by atoms with Gasteiger partial charge in [0.15, 0.2) is 0 Å². The van der Waals surface area contributed by atoms with Gasteiger partial charge in [0.1, 0.15) is 0 Å². The van der Waals surface area contributed by atoms with Gasteiger partial charge in [-0.3, -0.25) is 4.90 Å². The minimum absolute atomic E-state index is 0. The summed E-state index contributed by atoms with van der Waals surface area (Å²) in [5, 5.41) is 3.42. The Morgan fingerprint density at radius 3 is 2.93 bits per heavy atom. The van der Waals surface area contributed by atoms with Crippen LogP contribution in [0.15, 0.2) is 0 Å². The third kappa shape index (κ3) is 3.31. The molecule has 2 rings (SSSR count). The van der Waals surface area contributed by atoms with Crippen LogP contribution in [0.25, 0.3) is 0 Å². The largest absolute Gasteiger partial charge is 0.374 e. The Morgan fingerprint density at radius 1 is 1.40 bits per heavy atom. The van der Waals surface area contributed by atoms with Crippen molar-refractivity contribution in [3.05, 3.63) is 0 Å². The fourth-order valence-corrected chi connectivity index (χ4v) is 2.36. The first-order valence-corrected chi connectivity index (χ1v) is 5.83. The van der Waals surface area contributed by atoms with E-state index in [4.69, 9.17) is 4.74 Å². The molecular weight excluding hydrogens is 212 g/mol. The van der Waals surface area contributed by atoms with Gasteiger partial charge in [-0.2, -0.15) is 0 Å². The SMILES string of the molecule is CC(C)CCN1CCO[C@H]2CNC[C@H]21.Cl. The van der Waals surface area contributed by atoms with Crippen molar-refractivity contribution < 1.29 is 4.74 Å². The summed E-state index contributed by atoms with van der Waals surface area (Å²) < 4.78 is 5.73. The molecule has 0 aromatic rings. The monoisotopic (exact) mass is 234 g/mol. The number of hydrogen-bond acceptors (Lipinski definition) is 3. The summed E-state index contributed by atoms with van der Waals surface area (Å²) in [5.41, 5.74) is 0. The van der Waals surface area contributed by atoms with Crippen molar-refractivity contribution in [2.75, 3.05) is 32.8 Å². The van der Waals surface area contributed by atoms with E-state index in [1.54, 1.807) is 0 Å². The normalized spacial score (nSPS) is 31.4. The van der Waals surface area contributed by atoms with Crippen LogP contribution in [-0.2, 0) is 4.74 Å². The molecule has 15 heavy (non-hydrogen) atoms. The summed E-state index contributed by atoms with van der Waals surface area (Å²) in [7, 11) is 0. The Bertz CT molecular complexity index is 189. The molecule has 0 unspecified atom stereocenters. The van der Waals surface area contributed by atoms with Gasteiger partial charge in [0, 0.05) is 25.7 Å². The molecule has 2 fully saturated rings. The molecule has 1 N–H and O–H groups in total. The molecule has 0 bridgehead atoms. The maximum Gasteiger partial charge on any atom is 0.0867 e.